The zero-order chi connectivity index (χ0) is 14.0. The molecule has 1 aliphatic carbocycles. The monoisotopic (exact) mass is 264 g/mol. The number of urea groups is 1. The second kappa shape index (κ2) is 5.63. The van der Waals surface area contributed by atoms with Crippen LogP contribution in [0.4, 0.5) is 4.79 Å². The maximum atomic E-state index is 11.8. The van der Waals surface area contributed by atoms with Crippen molar-refractivity contribution in [1.82, 2.24) is 20.4 Å². The molecule has 1 fully saturated rings. The topological polar surface area (TPSA) is 59.0 Å². The van der Waals surface area contributed by atoms with Crippen molar-refractivity contribution in [2.24, 2.45) is 13.0 Å². The van der Waals surface area contributed by atoms with Crippen LogP contribution in [0.25, 0.3) is 0 Å². The third-order valence-corrected chi connectivity index (χ3v) is 3.88. The van der Waals surface area contributed by atoms with Crippen molar-refractivity contribution in [2.45, 2.75) is 52.6 Å². The van der Waals surface area contributed by atoms with Crippen molar-refractivity contribution >= 4 is 6.03 Å². The maximum absolute atomic E-state index is 11.8. The summed E-state index contributed by atoms with van der Waals surface area (Å²) in [5, 5.41) is 10.4. The first-order chi connectivity index (χ1) is 9.06. The van der Waals surface area contributed by atoms with E-state index in [1.54, 1.807) is 0 Å². The Kier molecular flexibility index (Phi) is 4.12. The summed E-state index contributed by atoms with van der Waals surface area (Å²) in [5.74, 6) is 0.626. The van der Waals surface area contributed by atoms with Gasteiger partial charge in [0.25, 0.3) is 0 Å². The molecule has 5 heteroatoms. The number of hydrogen-bond donors (Lipinski definition) is 2. The maximum Gasteiger partial charge on any atom is 0.315 e. The van der Waals surface area contributed by atoms with E-state index in [2.05, 4.69) is 36.5 Å². The van der Waals surface area contributed by atoms with E-state index in [0.29, 0.717) is 18.5 Å². The highest BCUT2D eigenvalue weighted by molar-refractivity contribution is 5.74. The highest BCUT2D eigenvalue weighted by atomic mass is 16.2. The molecule has 0 spiro atoms. The summed E-state index contributed by atoms with van der Waals surface area (Å²) in [4.78, 5) is 11.8. The van der Waals surface area contributed by atoms with Gasteiger partial charge in [0.05, 0.1) is 5.69 Å². The van der Waals surface area contributed by atoms with E-state index >= 15 is 0 Å². The minimum Gasteiger partial charge on any atom is -0.335 e. The second-order valence-electron chi connectivity index (χ2n) is 5.35. The first-order valence-electron chi connectivity index (χ1n) is 7.14. The van der Waals surface area contributed by atoms with E-state index in [1.165, 1.54) is 11.3 Å². The molecule has 2 rings (SSSR count). The Morgan fingerprint density at radius 1 is 1.42 bits per heavy atom. The number of carbonyl (C=O) groups excluding carboxylic acids is 1. The van der Waals surface area contributed by atoms with Crippen molar-refractivity contribution in [3.63, 3.8) is 0 Å². The normalized spacial score (nSPS) is 21.3. The summed E-state index contributed by atoms with van der Waals surface area (Å²) >= 11 is 0. The average Bonchev–Trinajstić information content (AvgIpc) is 2.96. The van der Waals surface area contributed by atoms with Crippen molar-refractivity contribution in [2.75, 3.05) is 0 Å². The van der Waals surface area contributed by atoms with Crippen LogP contribution in [0, 0.1) is 5.92 Å². The van der Waals surface area contributed by atoms with Gasteiger partial charge in [0.15, 0.2) is 0 Å². The van der Waals surface area contributed by atoms with Crippen LogP contribution in [0.5, 0.6) is 0 Å². The molecule has 1 aromatic heterocycles. The summed E-state index contributed by atoms with van der Waals surface area (Å²) in [7, 11) is 1.97. The predicted octanol–water partition coefficient (Wildman–Crippen LogP) is 1.75. The third-order valence-electron chi connectivity index (χ3n) is 3.88. The van der Waals surface area contributed by atoms with Crippen molar-refractivity contribution in [3.05, 3.63) is 17.0 Å². The van der Waals surface area contributed by atoms with E-state index in [9.17, 15) is 4.79 Å². The van der Waals surface area contributed by atoms with Gasteiger partial charge in [-0.3, -0.25) is 4.68 Å². The molecule has 0 radical (unpaired) electrons. The lowest BCUT2D eigenvalue weighted by Crippen LogP contribution is -2.37. The molecule has 1 heterocycles. The van der Waals surface area contributed by atoms with Gasteiger partial charge in [-0.1, -0.05) is 20.8 Å². The summed E-state index contributed by atoms with van der Waals surface area (Å²) in [6.07, 6.45) is 2.93. The SMILES string of the molecule is CCc1nn(C)c(CC)c1CNC(=O)N[C@H]1C[C@H]1C. The van der Waals surface area contributed by atoms with Gasteiger partial charge in [0.2, 0.25) is 0 Å². The minimum absolute atomic E-state index is 0.0673. The first-order valence-corrected chi connectivity index (χ1v) is 7.14. The number of rotatable bonds is 5. The van der Waals surface area contributed by atoms with Crippen LogP contribution in [-0.4, -0.2) is 21.9 Å². The van der Waals surface area contributed by atoms with Crippen LogP contribution in [0.2, 0.25) is 0 Å². The Balaban J connectivity index is 1.96. The van der Waals surface area contributed by atoms with Gasteiger partial charge in [0.1, 0.15) is 0 Å². The zero-order valence-electron chi connectivity index (χ0n) is 12.3. The molecule has 5 nitrogen and oxygen atoms in total. The Morgan fingerprint density at radius 2 is 2.11 bits per heavy atom. The predicted molar refractivity (Wildman–Crippen MR) is 74.9 cm³/mol. The second-order valence-corrected chi connectivity index (χ2v) is 5.35. The number of nitrogens with zero attached hydrogens (tertiary/aromatic N) is 2. The van der Waals surface area contributed by atoms with Crippen LogP contribution in [0.1, 0.15) is 44.1 Å². The molecule has 1 aliphatic rings. The smallest absolute Gasteiger partial charge is 0.315 e. The first kappa shape index (κ1) is 13.9. The molecular weight excluding hydrogens is 240 g/mol. The van der Waals surface area contributed by atoms with Gasteiger partial charge in [-0.25, -0.2) is 4.79 Å². The number of carbonyl (C=O) groups is 1. The molecule has 0 aliphatic heterocycles. The lowest BCUT2D eigenvalue weighted by Gasteiger charge is -2.08. The molecule has 1 saturated carbocycles. The van der Waals surface area contributed by atoms with E-state index in [4.69, 9.17) is 0 Å². The van der Waals surface area contributed by atoms with Gasteiger partial charge in [0, 0.05) is 30.9 Å². The van der Waals surface area contributed by atoms with E-state index < -0.39 is 0 Å². The van der Waals surface area contributed by atoms with Gasteiger partial charge >= 0.3 is 6.03 Å². The molecule has 0 bridgehead atoms. The number of aromatic nitrogens is 2. The Bertz CT molecular complexity index is 466. The highest BCUT2D eigenvalue weighted by Gasteiger charge is 2.33. The van der Waals surface area contributed by atoms with Crippen LogP contribution < -0.4 is 10.6 Å². The standard InChI is InChI=1S/C14H24N4O/c1-5-11-10(13(6-2)18(4)17-11)8-15-14(19)16-12-7-9(12)3/h9,12H,5-8H2,1-4H3,(H2,15,16,19)/t9-,12+/m1/s1. The van der Waals surface area contributed by atoms with E-state index in [1.807, 2.05) is 11.7 Å². The van der Waals surface area contributed by atoms with Gasteiger partial charge in [-0.2, -0.15) is 5.10 Å². The number of aryl methyl sites for hydroxylation is 2. The molecule has 2 amide bonds. The van der Waals surface area contributed by atoms with Gasteiger partial charge < -0.3 is 10.6 Å². The van der Waals surface area contributed by atoms with Crippen molar-refractivity contribution in [3.8, 4) is 0 Å². The van der Waals surface area contributed by atoms with Crippen LogP contribution in [0.15, 0.2) is 0 Å². The number of nitrogens with one attached hydrogen (secondary N) is 2. The van der Waals surface area contributed by atoms with Crippen molar-refractivity contribution < 1.29 is 4.79 Å². The summed E-state index contributed by atoms with van der Waals surface area (Å²) in [6, 6.07) is 0.299. The van der Waals surface area contributed by atoms with Crippen LogP contribution in [-0.2, 0) is 26.4 Å². The molecule has 2 atom stereocenters. The zero-order valence-corrected chi connectivity index (χ0v) is 12.3. The molecule has 0 unspecified atom stereocenters. The lowest BCUT2D eigenvalue weighted by molar-refractivity contribution is 0.239. The summed E-state index contributed by atoms with van der Waals surface area (Å²) < 4.78 is 1.93. The van der Waals surface area contributed by atoms with Gasteiger partial charge in [-0.15, -0.1) is 0 Å². The van der Waals surface area contributed by atoms with E-state index in [0.717, 1.165) is 25.0 Å². The molecule has 0 aromatic carbocycles. The van der Waals surface area contributed by atoms with E-state index in [-0.39, 0.29) is 6.03 Å². The fourth-order valence-corrected chi connectivity index (χ4v) is 2.51. The Hall–Kier alpha value is -1.52. The minimum atomic E-state index is -0.0673. The molecule has 106 valence electrons. The van der Waals surface area contributed by atoms with Crippen LogP contribution >= 0.6 is 0 Å². The summed E-state index contributed by atoms with van der Waals surface area (Å²) in [5.41, 5.74) is 3.46. The lowest BCUT2D eigenvalue weighted by atomic mass is 10.1. The quantitative estimate of drug-likeness (QED) is 0.851. The number of hydrogen-bond acceptors (Lipinski definition) is 2. The number of amides is 2. The fraction of sp³-hybridized carbons (Fsp3) is 0.714. The fourth-order valence-electron chi connectivity index (χ4n) is 2.51. The largest absolute Gasteiger partial charge is 0.335 e. The molecule has 2 N–H and O–H groups in total. The molecular formula is C14H24N4O. The Labute approximate surface area is 114 Å². The van der Waals surface area contributed by atoms with Crippen molar-refractivity contribution in [1.29, 1.82) is 0 Å². The van der Waals surface area contributed by atoms with Gasteiger partial charge in [-0.05, 0) is 25.2 Å². The third kappa shape index (κ3) is 3.08. The molecule has 0 saturated heterocycles. The molecule has 19 heavy (non-hydrogen) atoms. The highest BCUT2D eigenvalue weighted by Crippen LogP contribution is 2.28. The average molecular weight is 264 g/mol. The molecule has 1 aromatic rings. The van der Waals surface area contributed by atoms with Crippen LogP contribution in [0.3, 0.4) is 0 Å². The summed E-state index contributed by atoms with van der Waals surface area (Å²) in [6.45, 7) is 6.92. The Morgan fingerprint density at radius 3 is 2.63 bits per heavy atom.